The van der Waals surface area contributed by atoms with Crippen LogP contribution in [-0.2, 0) is 69.1 Å². The Kier molecular flexibility index (Phi) is 17.4. The Labute approximate surface area is 414 Å². The summed E-state index contributed by atoms with van der Waals surface area (Å²) in [6.45, 7) is -2.51. The second-order valence-corrected chi connectivity index (χ2v) is 19.4. The summed E-state index contributed by atoms with van der Waals surface area (Å²) in [6.07, 6.45) is -11.9. The monoisotopic (exact) mass is 1080 g/mol. The Morgan fingerprint density at radius 2 is 1.52 bits per heavy atom. The topological polar surface area (TPSA) is 423 Å². The number of ether oxygens (including phenoxy) is 4. The Hall–Kier alpha value is -6.31. The molecule has 0 aliphatic carbocycles. The maximum atomic E-state index is 13.9. The van der Waals surface area contributed by atoms with Crippen molar-refractivity contribution in [2.45, 2.75) is 74.6 Å². The molecule has 2 aliphatic heterocycles. The summed E-state index contributed by atoms with van der Waals surface area (Å²) in [4.78, 5) is 110. The van der Waals surface area contributed by atoms with Gasteiger partial charge in [0.15, 0.2) is 35.1 Å². The zero-order chi connectivity index (χ0) is 52.8. The van der Waals surface area contributed by atoms with E-state index in [2.05, 4.69) is 35.1 Å². The molecule has 1 unspecified atom stereocenters. The normalized spacial score (nSPS) is 23.1. The van der Waals surface area contributed by atoms with Crippen molar-refractivity contribution < 1.29 is 90.1 Å². The number of benzene rings is 2. The van der Waals surface area contributed by atoms with Crippen molar-refractivity contribution in [2.24, 2.45) is 0 Å². The van der Waals surface area contributed by atoms with E-state index in [1.54, 1.807) is 0 Å². The molecule has 11 N–H and O–H groups in total. The van der Waals surface area contributed by atoms with Gasteiger partial charge in [-0.3, -0.25) is 32.3 Å². The largest absolute Gasteiger partial charge is 0.472 e. The summed E-state index contributed by atoms with van der Waals surface area (Å²) in [5.74, 6) is -2.44. The third-order valence-corrected chi connectivity index (χ3v) is 12.9. The number of aliphatic hydroxyl groups excluding tert-OH is 2. The highest BCUT2D eigenvalue weighted by Gasteiger charge is 2.52. The molecule has 0 spiro atoms. The predicted molar refractivity (Wildman–Crippen MR) is 246 cm³/mol. The molecule has 7 rings (SSSR count). The number of nitrogen functional groups attached to an aromatic ring is 2. The zero-order valence-electron chi connectivity index (χ0n) is 37.6. The van der Waals surface area contributed by atoms with Crippen molar-refractivity contribution in [1.29, 1.82) is 0 Å². The fourth-order valence-electron chi connectivity index (χ4n) is 7.31. The number of fused-ring (bicyclic) bond motifs is 1. The molecule has 5 heterocycles. The van der Waals surface area contributed by atoms with Gasteiger partial charge in [-0.25, -0.2) is 42.9 Å². The molecule has 33 heteroatoms. The predicted octanol–water partition coefficient (Wildman–Crippen LogP) is 0.183. The number of nitrogens with one attached hydrogen (secondary N) is 2. The summed E-state index contributed by atoms with van der Waals surface area (Å²) in [5.41, 5.74) is 11.9. The number of imidazole rings is 1. The Morgan fingerprint density at radius 3 is 2.19 bits per heavy atom. The maximum absolute atomic E-state index is 13.9. The molecule has 0 saturated carbocycles. The summed E-state index contributed by atoms with van der Waals surface area (Å²) >= 11 is 0.706. The lowest BCUT2D eigenvalue weighted by Gasteiger charge is -2.26. The first-order chi connectivity index (χ1) is 34.6. The molecule has 2 fully saturated rings. The van der Waals surface area contributed by atoms with E-state index in [0.29, 0.717) is 33.1 Å². The molecule has 2 aromatic carbocycles. The first-order valence-electron chi connectivity index (χ1n) is 21.2. The van der Waals surface area contributed by atoms with Crippen LogP contribution in [0.15, 0.2) is 78.2 Å². The number of carbonyl (C=O) groups is 4. The number of hydrogen-bond donors (Lipinski definition) is 9. The minimum Gasteiger partial charge on any atom is -0.455 e. The van der Waals surface area contributed by atoms with E-state index in [-0.39, 0.29) is 41.7 Å². The highest BCUT2D eigenvalue weighted by atomic mass is 32.2. The second kappa shape index (κ2) is 23.3. The summed E-state index contributed by atoms with van der Waals surface area (Å²) in [5, 5.41) is 27.2. The quantitative estimate of drug-likeness (QED) is 0.0371. The van der Waals surface area contributed by atoms with Crippen LogP contribution in [-0.4, -0.2) is 139 Å². The molecule has 73 heavy (non-hydrogen) atoms. The molecule has 10 atom stereocenters. The fourth-order valence-corrected chi connectivity index (χ4v) is 8.95. The molecule has 2 amide bonds. The number of nitrogens with zero attached hydrogens (tertiary/aromatic N) is 6. The van der Waals surface area contributed by atoms with Gasteiger partial charge in [-0.15, -0.1) is 0 Å². The number of aromatic nitrogens is 6. The third kappa shape index (κ3) is 14.1. The van der Waals surface area contributed by atoms with Crippen LogP contribution in [0.2, 0.25) is 0 Å². The van der Waals surface area contributed by atoms with E-state index in [4.69, 9.17) is 39.5 Å². The van der Waals surface area contributed by atoms with Gasteiger partial charge in [0.25, 0.3) is 0 Å². The molecule has 392 valence electrons. The number of nitrogens with two attached hydrogens (primary N) is 2. The van der Waals surface area contributed by atoms with Crippen molar-refractivity contribution in [1.82, 2.24) is 34.4 Å². The minimum absolute atomic E-state index is 0.0113. The third-order valence-electron chi connectivity index (χ3n) is 10.8. The standard InChI is InChI=1S/C40H45FN10O19P2S/c1-73-28(53)13-23(48-40(58)64-14-20-4-8-22(9-5-20)47-27(52)12-19-2-6-21(41)7-3-19)38(56)69-32-24(67-37(30(32)54)51-18-46-29-34(43)44-17-45-35(29)51)16-66-72(62,63)70-33-25(15-65-71(59,60)61)68-36(31(33)55)50-11-10-26(42)49-39(50)57/h2-11,17-18,23-25,30-33,36-37,54-55H,12-16H2,1H3,(H,47,52)(H,48,58)(H,62,63)(H2,42,49,57)(H2,43,44,45)(H2,59,60,61)/t23-,24+,25+,30+,31+,32+,33+,36+,37+/m0/s1. The summed E-state index contributed by atoms with van der Waals surface area (Å²) < 4.78 is 77.8. The number of halogens is 1. The number of phosphoric acid groups is 2. The van der Waals surface area contributed by atoms with Gasteiger partial charge in [-0.2, -0.15) is 4.98 Å². The minimum atomic E-state index is -5.52. The van der Waals surface area contributed by atoms with Crippen molar-refractivity contribution in [2.75, 3.05) is 36.3 Å². The lowest BCUT2D eigenvalue weighted by atomic mass is 10.1. The number of hydrogen-bond acceptors (Lipinski definition) is 23. The molecule has 5 aromatic rings. The zero-order valence-corrected chi connectivity index (χ0v) is 40.2. The SMILES string of the molecule is CSC(=O)C[C@H](NC(=O)OCc1ccc(NC(=O)Cc2ccc(F)cc2)cc1)C(=O)O[C@H]1[C@@H](O)[C@H](n2cnc3c(N)ncnc32)O[C@@H]1COP(=O)(O)O[C@H]1[C@@H](O)[C@H](n2ccc(N)nc2=O)O[C@@H]1COP(=O)(O)O. The molecular weight excluding hydrogens is 1040 g/mol. The van der Waals surface area contributed by atoms with E-state index in [1.165, 1.54) is 59.4 Å². The average Bonchev–Trinajstić information content (AvgIpc) is 4.00. The van der Waals surface area contributed by atoms with E-state index < -0.39 is 119 Å². The molecule has 0 radical (unpaired) electrons. The first-order valence-corrected chi connectivity index (χ1v) is 25.5. The first kappa shape index (κ1) is 54.5. The molecule has 3 aromatic heterocycles. The highest BCUT2D eigenvalue weighted by molar-refractivity contribution is 8.13. The maximum Gasteiger partial charge on any atom is 0.472 e. The molecule has 2 saturated heterocycles. The Morgan fingerprint density at radius 1 is 0.877 bits per heavy atom. The van der Waals surface area contributed by atoms with Crippen molar-refractivity contribution >= 4 is 79.0 Å². The van der Waals surface area contributed by atoms with Crippen molar-refractivity contribution in [3.63, 3.8) is 0 Å². The number of aliphatic hydroxyl groups is 2. The number of alkyl carbamates (subject to hydrolysis) is 1. The van der Waals surface area contributed by atoms with Gasteiger partial charge >= 0.3 is 33.4 Å². The van der Waals surface area contributed by atoms with Crippen molar-refractivity contribution in [3.05, 3.63) is 101 Å². The van der Waals surface area contributed by atoms with Crippen LogP contribution in [0, 0.1) is 5.82 Å². The lowest BCUT2D eigenvalue weighted by molar-refractivity contribution is -0.159. The van der Waals surface area contributed by atoms with Gasteiger partial charge in [0.2, 0.25) is 5.91 Å². The smallest absolute Gasteiger partial charge is 0.455 e. The van der Waals surface area contributed by atoms with E-state index in [9.17, 15) is 62.4 Å². The van der Waals surface area contributed by atoms with E-state index in [1.807, 2.05) is 0 Å². The molecule has 0 bridgehead atoms. The highest BCUT2D eigenvalue weighted by Crippen LogP contribution is 2.50. The van der Waals surface area contributed by atoms with Crippen LogP contribution in [0.4, 0.5) is 26.5 Å². The van der Waals surface area contributed by atoms with Gasteiger partial charge in [-0.1, -0.05) is 36.0 Å². The van der Waals surface area contributed by atoms with Crippen molar-refractivity contribution in [3.8, 4) is 0 Å². The van der Waals surface area contributed by atoms with Crippen LogP contribution >= 0.6 is 27.4 Å². The molecular formula is C40H45FN10O19P2S. The number of anilines is 3. The molecule has 29 nitrogen and oxygen atoms in total. The van der Waals surface area contributed by atoms with Crippen LogP contribution < -0.4 is 27.8 Å². The lowest BCUT2D eigenvalue weighted by Crippen LogP contribution is -2.47. The number of rotatable bonds is 20. The number of phosphoric ester groups is 2. The average molecular weight is 1080 g/mol. The summed E-state index contributed by atoms with van der Waals surface area (Å²) in [7, 11) is -10.7. The number of esters is 1. The number of amides is 2. The van der Waals surface area contributed by atoms with E-state index >= 15 is 0 Å². The van der Waals surface area contributed by atoms with Gasteiger partial charge in [-0.05, 0) is 47.7 Å². The van der Waals surface area contributed by atoms with Gasteiger partial charge in [0, 0.05) is 18.3 Å². The van der Waals surface area contributed by atoms with Crippen LogP contribution in [0.3, 0.4) is 0 Å². The van der Waals surface area contributed by atoms with Gasteiger partial charge in [0.1, 0.15) is 66.6 Å². The van der Waals surface area contributed by atoms with E-state index in [0.717, 1.165) is 24.9 Å². The second-order valence-electron chi connectivity index (χ2n) is 15.9. The fraction of sp³-hybridized carbons (Fsp3) is 0.375. The Balaban J connectivity index is 1.05. The van der Waals surface area contributed by atoms with Gasteiger partial charge in [0.05, 0.1) is 26.0 Å². The van der Waals surface area contributed by atoms with Crippen LogP contribution in [0.5, 0.6) is 0 Å². The molecule has 2 aliphatic rings. The summed E-state index contributed by atoms with van der Waals surface area (Å²) in [6, 6.07) is 10.9. The number of thioether (sulfide) groups is 1. The Bertz CT molecular complexity index is 2970. The number of carbonyl (C=O) groups excluding carboxylic acids is 4. The van der Waals surface area contributed by atoms with Crippen LogP contribution in [0.25, 0.3) is 11.2 Å². The van der Waals surface area contributed by atoms with Gasteiger partial charge < -0.3 is 65.9 Å². The van der Waals surface area contributed by atoms with Crippen LogP contribution in [0.1, 0.15) is 30.0 Å².